The van der Waals surface area contributed by atoms with E-state index in [-0.39, 0.29) is 10.8 Å². The lowest BCUT2D eigenvalue weighted by molar-refractivity contribution is 0.535. The molecule has 2 rings (SSSR count). The summed E-state index contributed by atoms with van der Waals surface area (Å²) in [6, 6.07) is 15.2. The van der Waals surface area contributed by atoms with Crippen molar-refractivity contribution in [3.05, 3.63) is 53.6 Å². The van der Waals surface area contributed by atoms with E-state index in [1.54, 1.807) is 0 Å². The minimum atomic E-state index is 0.111. The van der Waals surface area contributed by atoms with Crippen LogP contribution in [0.3, 0.4) is 0 Å². The molecule has 0 aliphatic rings. The molecule has 0 nitrogen and oxygen atoms in total. The average molecular weight is 298 g/mol. The summed E-state index contributed by atoms with van der Waals surface area (Å²) in [6.45, 7) is 13.9. The lowest BCUT2D eigenvalue weighted by Gasteiger charge is -2.34. The number of hydrogen-bond donors (Lipinski definition) is 0. The topological polar surface area (TPSA) is 0 Å². The Balaban J connectivity index is 2.85. The van der Waals surface area contributed by atoms with Crippen LogP contribution in [0.5, 0.6) is 0 Å². The standard InChI is InChI=1S/C20H27P/c1-19(2,3)17-15(14-10-8-7-9-11-14)12-13-16(21)18(17)20(4,5)6/h7-13H,21H2,1-6H3. The summed E-state index contributed by atoms with van der Waals surface area (Å²) in [5.74, 6) is 0. The van der Waals surface area contributed by atoms with E-state index in [9.17, 15) is 0 Å². The molecule has 0 saturated heterocycles. The smallest absolute Gasteiger partial charge is 0.0123 e. The van der Waals surface area contributed by atoms with E-state index in [0.717, 1.165) is 0 Å². The third-order valence-electron chi connectivity index (χ3n) is 3.82. The first kappa shape index (κ1) is 16.2. The molecule has 0 saturated carbocycles. The normalized spacial score (nSPS) is 12.5. The van der Waals surface area contributed by atoms with Gasteiger partial charge < -0.3 is 0 Å². The molecule has 0 heterocycles. The zero-order valence-electron chi connectivity index (χ0n) is 14.1. The summed E-state index contributed by atoms with van der Waals surface area (Å²) in [4.78, 5) is 0. The van der Waals surface area contributed by atoms with Gasteiger partial charge in [-0.15, -0.1) is 9.24 Å². The van der Waals surface area contributed by atoms with Crippen molar-refractivity contribution in [2.45, 2.75) is 52.4 Å². The SMILES string of the molecule is CC(C)(C)c1c(P)ccc(-c2ccccc2)c1C(C)(C)C. The third-order valence-corrected chi connectivity index (χ3v) is 4.30. The quantitative estimate of drug-likeness (QED) is 0.614. The Morgan fingerprint density at radius 1 is 0.667 bits per heavy atom. The molecule has 0 N–H and O–H groups in total. The Morgan fingerprint density at radius 3 is 1.67 bits per heavy atom. The molecule has 0 bridgehead atoms. The Morgan fingerprint density at radius 2 is 1.19 bits per heavy atom. The van der Waals surface area contributed by atoms with E-state index in [0.29, 0.717) is 0 Å². The van der Waals surface area contributed by atoms with Crippen LogP contribution >= 0.6 is 9.24 Å². The van der Waals surface area contributed by atoms with Gasteiger partial charge in [0.25, 0.3) is 0 Å². The minimum absolute atomic E-state index is 0.111. The molecular formula is C20H27P. The van der Waals surface area contributed by atoms with Gasteiger partial charge in [0, 0.05) is 0 Å². The van der Waals surface area contributed by atoms with Crippen LogP contribution in [0.25, 0.3) is 11.1 Å². The Labute approximate surface area is 132 Å². The molecule has 1 unspecified atom stereocenters. The van der Waals surface area contributed by atoms with Crippen molar-refractivity contribution < 1.29 is 0 Å². The van der Waals surface area contributed by atoms with Gasteiger partial charge in [-0.05, 0) is 38.4 Å². The lowest BCUT2D eigenvalue weighted by atomic mass is 9.72. The molecule has 112 valence electrons. The predicted octanol–water partition coefficient (Wildman–Crippen LogP) is 5.45. The first-order valence-electron chi connectivity index (χ1n) is 7.61. The highest BCUT2D eigenvalue weighted by atomic mass is 31.0. The van der Waals surface area contributed by atoms with Gasteiger partial charge in [-0.3, -0.25) is 0 Å². The summed E-state index contributed by atoms with van der Waals surface area (Å²) >= 11 is 0. The fraction of sp³-hybridized carbons (Fsp3) is 0.400. The van der Waals surface area contributed by atoms with Gasteiger partial charge in [0.15, 0.2) is 0 Å². The highest BCUT2D eigenvalue weighted by Gasteiger charge is 2.29. The van der Waals surface area contributed by atoms with Gasteiger partial charge in [0.05, 0.1) is 0 Å². The maximum Gasteiger partial charge on any atom is -0.0123 e. The van der Waals surface area contributed by atoms with Gasteiger partial charge >= 0.3 is 0 Å². The average Bonchev–Trinajstić information content (AvgIpc) is 2.37. The highest BCUT2D eigenvalue weighted by molar-refractivity contribution is 7.27. The van der Waals surface area contributed by atoms with Crippen LogP contribution in [0.1, 0.15) is 52.7 Å². The van der Waals surface area contributed by atoms with Crippen LogP contribution in [-0.4, -0.2) is 0 Å². The van der Waals surface area contributed by atoms with Crippen molar-refractivity contribution >= 4 is 14.5 Å². The van der Waals surface area contributed by atoms with Crippen LogP contribution < -0.4 is 5.30 Å². The van der Waals surface area contributed by atoms with Crippen LogP contribution in [-0.2, 0) is 10.8 Å². The molecule has 1 heteroatoms. The molecule has 0 radical (unpaired) electrons. The lowest BCUT2D eigenvalue weighted by Crippen LogP contribution is -2.28. The Hall–Kier alpha value is -1.13. The Kier molecular flexibility index (Phi) is 4.31. The van der Waals surface area contributed by atoms with E-state index in [1.165, 1.54) is 27.6 Å². The minimum Gasteiger partial charge on any atom is -0.105 e. The van der Waals surface area contributed by atoms with Crippen LogP contribution in [0.4, 0.5) is 0 Å². The van der Waals surface area contributed by atoms with Crippen molar-refractivity contribution in [3.63, 3.8) is 0 Å². The molecule has 0 amide bonds. The molecule has 0 aliphatic heterocycles. The molecule has 2 aromatic carbocycles. The number of hydrogen-bond acceptors (Lipinski definition) is 0. The predicted molar refractivity (Wildman–Crippen MR) is 98.6 cm³/mol. The van der Waals surface area contributed by atoms with Crippen molar-refractivity contribution in [2.24, 2.45) is 0 Å². The van der Waals surface area contributed by atoms with Crippen molar-refractivity contribution in [1.29, 1.82) is 0 Å². The molecular weight excluding hydrogens is 271 g/mol. The third kappa shape index (κ3) is 3.38. The zero-order chi connectivity index (χ0) is 15.8. The largest absolute Gasteiger partial charge is 0.105 e. The maximum absolute atomic E-state index is 2.93. The summed E-state index contributed by atoms with van der Waals surface area (Å²) in [5.41, 5.74) is 5.83. The summed E-state index contributed by atoms with van der Waals surface area (Å²) in [7, 11) is 2.93. The second-order valence-corrected chi connectivity index (χ2v) is 8.44. The van der Waals surface area contributed by atoms with E-state index < -0.39 is 0 Å². The maximum atomic E-state index is 2.93. The van der Waals surface area contributed by atoms with E-state index >= 15 is 0 Å². The van der Waals surface area contributed by atoms with Gasteiger partial charge in [-0.25, -0.2) is 0 Å². The van der Waals surface area contributed by atoms with E-state index in [4.69, 9.17) is 0 Å². The molecule has 0 aliphatic carbocycles. The van der Waals surface area contributed by atoms with Gasteiger partial charge in [0.1, 0.15) is 0 Å². The molecule has 0 aromatic heterocycles. The summed E-state index contributed by atoms with van der Waals surface area (Å²) in [5, 5.41) is 1.31. The highest BCUT2D eigenvalue weighted by Crippen LogP contribution is 2.40. The Bertz CT molecular complexity index is 625. The monoisotopic (exact) mass is 298 g/mol. The fourth-order valence-electron chi connectivity index (χ4n) is 3.06. The van der Waals surface area contributed by atoms with Crippen LogP contribution in [0, 0.1) is 0 Å². The van der Waals surface area contributed by atoms with E-state index in [2.05, 4.69) is 93.2 Å². The van der Waals surface area contributed by atoms with Crippen molar-refractivity contribution in [2.75, 3.05) is 0 Å². The first-order valence-corrected chi connectivity index (χ1v) is 8.19. The molecule has 21 heavy (non-hydrogen) atoms. The van der Waals surface area contributed by atoms with Crippen molar-refractivity contribution in [1.82, 2.24) is 0 Å². The first-order chi connectivity index (χ1) is 9.62. The summed E-state index contributed by atoms with van der Waals surface area (Å²) in [6.07, 6.45) is 0. The zero-order valence-corrected chi connectivity index (χ0v) is 15.3. The van der Waals surface area contributed by atoms with Crippen LogP contribution in [0.2, 0.25) is 0 Å². The summed E-state index contributed by atoms with van der Waals surface area (Å²) < 4.78 is 0. The second-order valence-electron chi connectivity index (χ2n) is 7.82. The number of rotatable bonds is 1. The fourth-order valence-corrected chi connectivity index (χ4v) is 3.74. The molecule has 2 aromatic rings. The van der Waals surface area contributed by atoms with Crippen molar-refractivity contribution in [3.8, 4) is 11.1 Å². The van der Waals surface area contributed by atoms with Gasteiger partial charge in [0.2, 0.25) is 0 Å². The molecule has 0 spiro atoms. The molecule has 0 fully saturated rings. The van der Waals surface area contributed by atoms with E-state index in [1.807, 2.05) is 0 Å². The molecule has 1 atom stereocenters. The van der Waals surface area contributed by atoms with Gasteiger partial charge in [-0.1, -0.05) is 84.0 Å². The number of benzene rings is 2. The van der Waals surface area contributed by atoms with Crippen LogP contribution in [0.15, 0.2) is 42.5 Å². The second kappa shape index (κ2) is 5.58. The van der Waals surface area contributed by atoms with Gasteiger partial charge in [-0.2, -0.15) is 0 Å².